The fraction of sp³-hybridized carbons (Fsp3) is 0.333. The molecule has 0 saturated carbocycles. The van der Waals surface area contributed by atoms with Crippen molar-refractivity contribution in [3.8, 4) is 11.5 Å². The molecule has 112 valence electrons. The minimum absolute atomic E-state index is 0.0893. The molecule has 2 aromatic carbocycles. The van der Waals surface area contributed by atoms with Crippen molar-refractivity contribution in [2.24, 2.45) is 5.73 Å². The van der Waals surface area contributed by atoms with Gasteiger partial charge in [-0.25, -0.2) is 0 Å². The molecule has 21 heavy (non-hydrogen) atoms. The molecule has 2 nitrogen and oxygen atoms in total. The maximum atomic E-state index is 6.32. The Bertz CT molecular complexity index is 604. The number of ether oxygens (including phenoxy) is 1. The van der Waals surface area contributed by atoms with Crippen LogP contribution < -0.4 is 10.5 Å². The van der Waals surface area contributed by atoms with E-state index in [1.807, 2.05) is 30.3 Å². The van der Waals surface area contributed by atoms with E-state index >= 15 is 0 Å². The maximum absolute atomic E-state index is 6.32. The summed E-state index contributed by atoms with van der Waals surface area (Å²) in [6.45, 7) is 6.20. The molecule has 0 aliphatic carbocycles. The fourth-order valence-corrected chi connectivity index (χ4v) is 2.60. The second-order valence-electron chi connectivity index (χ2n) is 5.51. The number of halogens is 1. The van der Waals surface area contributed by atoms with Crippen LogP contribution in [0, 0.1) is 13.8 Å². The molecule has 0 heterocycles. The van der Waals surface area contributed by atoms with Gasteiger partial charge < -0.3 is 10.5 Å². The number of aryl methyl sites for hydroxylation is 2. The third kappa shape index (κ3) is 4.23. The van der Waals surface area contributed by atoms with E-state index in [-0.39, 0.29) is 6.04 Å². The van der Waals surface area contributed by atoms with Crippen molar-refractivity contribution in [2.75, 3.05) is 0 Å². The van der Waals surface area contributed by atoms with Gasteiger partial charge in [-0.15, -0.1) is 0 Å². The molecule has 2 N–H and O–H groups in total. The highest BCUT2D eigenvalue weighted by Gasteiger charge is 2.12. The Morgan fingerprint density at radius 3 is 2.43 bits per heavy atom. The first-order chi connectivity index (χ1) is 9.99. The second kappa shape index (κ2) is 6.97. The molecule has 0 aliphatic rings. The quantitative estimate of drug-likeness (QED) is 0.841. The normalized spacial score (nSPS) is 12.2. The Labute approximate surface area is 131 Å². The van der Waals surface area contributed by atoms with Crippen molar-refractivity contribution < 1.29 is 4.74 Å². The molecule has 2 aromatic rings. The summed E-state index contributed by atoms with van der Waals surface area (Å²) in [5.41, 5.74) is 9.41. The average molecular weight is 304 g/mol. The van der Waals surface area contributed by atoms with Gasteiger partial charge in [-0.1, -0.05) is 30.7 Å². The number of nitrogens with two attached hydrogens (primary N) is 1. The van der Waals surface area contributed by atoms with Crippen molar-refractivity contribution in [1.29, 1.82) is 0 Å². The molecule has 0 saturated heterocycles. The molecule has 0 amide bonds. The summed E-state index contributed by atoms with van der Waals surface area (Å²) in [6.07, 6.45) is 1.63. The van der Waals surface area contributed by atoms with E-state index in [0.29, 0.717) is 5.02 Å². The van der Waals surface area contributed by atoms with Gasteiger partial charge in [-0.3, -0.25) is 0 Å². The van der Waals surface area contributed by atoms with E-state index in [1.165, 1.54) is 11.1 Å². The lowest BCUT2D eigenvalue weighted by Crippen LogP contribution is -2.21. The zero-order chi connectivity index (χ0) is 15.4. The van der Waals surface area contributed by atoms with E-state index in [2.05, 4.69) is 26.8 Å². The Balaban J connectivity index is 2.32. The van der Waals surface area contributed by atoms with Crippen molar-refractivity contribution in [1.82, 2.24) is 0 Å². The highest BCUT2D eigenvalue weighted by Crippen LogP contribution is 2.32. The van der Waals surface area contributed by atoms with Crippen molar-refractivity contribution in [3.63, 3.8) is 0 Å². The van der Waals surface area contributed by atoms with Crippen LogP contribution in [0.2, 0.25) is 5.02 Å². The van der Waals surface area contributed by atoms with Crippen molar-refractivity contribution >= 4 is 11.6 Å². The summed E-state index contributed by atoms with van der Waals surface area (Å²) >= 11 is 6.32. The van der Waals surface area contributed by atoms with E-state index < -0.39 is 0 Å². The van der Waals surface area contributed by atoms with Crippen LogP contribution in [0.5, 0.6) is 11.5 Å². The number of hydrogen-bond donors (Lipinski definition) is 1. The Kier molecular flexibility index (Phi) is 5.27. The van der Waals surface area contributed by atoms with Crippen LogP contribution in [0.4, 0.5) is 0 Å². The van der Waals surface area contributed by atoms with E-state index in [1.54, 1.807) is 0 Å². The van der Waals surface area contributed by atoms with Gasteiger partial charge in [0.15, 0.2) is 0 Å². The first kappa shape index (κ1) is 15.9. The lowest BCUT2D eigenvalue weighted by Gasteiger charge is -2.16. The monoisotopic (exact) mass is 303 g/mol. The van der Waals surface area contributed by atoms with Crippen LogP contribution in [0.1, 0.15) is 30.0 Å². The van der Waals surface area contributed by atoms with E-state index in [9.17, 15) is 0 Å². The van der Waals surface area contributed by atoms with Crippen LogP contribution in [0.3, 0.4) is 0 Å². The summed E-state index contributed by atoms with van der Waals surface area (Å²) in [7, 11) is 0. The molecule has 0 fully saturated rings. The minimum Gasteiger partial charge on any atom is -0.457 e. The third-order valence-electron chi connectivity index (χ3n) is 3.49. The summed E-state index contributed by atoms with van der Waals surface area (Å²) in [4.78, 5) is 0. The number of hydrogen-bond acceptors (Lipinski definition) is 2. The van der Waals surface area contributed by atoms with Crippen molar-refractivity contribution in [3.05, 3.63) is 58.1 Å². The third-order valence-corrected chi connectivity index (χ3v) is 3.84. The first-order valence-corrected chi connectivity index (χ1v) is 7.66. The molecule has 3 heteroatoms. The van der Waals surface area contributed by atoms with Crippen LogP contribution in [0.25, 0.3) is 0 Å². The summed E-state index contributed by atoms with van der Waals surface area (Å²) in [5, 5.41) is 0.709. The zero-order valence-electron chi connectivity index (χ0n) is 12.8. The smallest absolute Gasteiger partial charge is 0.132 e. The average Bonchev–Trinajstić information content (AvgIpc) is 2.41. The SMILES string of the molecule is CCC(N)Cc1c(Cl)cccc1Oc1cc(C)cc(C)c1. The fourth-order valence-electron chi connectivity index (χ4n) is 2.36. The van der Waals surface area contributed by atoms with Gasteiger partial charge in [0, 0.05) is 16.6 Å². The molecule has 0 bridgehead atoms. The summed E-state index contributed by atoms with van der Waals surface area (Å²) in [6, 6.07) is 12.0. The predicted molar refractivity (Wildman–Crippen MR) is 89.4 cm³/mol. The molecular weight excluding hydrogens is 282 g/mol. The van der Waals surface area contributed by atoms with Crippen molar-refractivity contribution in [2.45, 2.75) is 39.7 Å². The Morgan fingerprint density at radius 1 is 1.14 bits per heavy atom. The molecule has 0 aliphatic heterocycles. The summed E-state index contributed by atoms with van der Waals surface area (Å²) in [5.74, 6) is 1.62. The van der Waals surface area contributed by atoms with Crippen LogP contribution in [-0.2, 0) is 6.42 Å². The van der Waals surface area contributed by atoms with Crippen LogP contribution in [-0.4, -0.2) is 6.04 Å². The standard InChI is InChI=1S/C18H22ClNO/c1-4-14(20)11-16-17(19)6-5-7-18(16)21-15-9-12(2)8-13(3)10-15/h5-10,14H,4,11,20H2,1-3H3. The molecule has 0 spiro atoms. The lowest BCUT2D eigenvalue weighted by molar-refractivity contribution is 0.471. The van der Waals surface area contributed by atoms with E-state index in [0.717, 1.165) is 29.9 Å². The molecule has 0 radical (unpaired) electrons. The Morgan fingerprint density at radius 2 is 1.81 bits per heavy atom. The molecule has 1 atom stereocenters. The zero-order valence-corrected chi connectivity index (χ0v) is 13.6. The largest absolute Gasteiger partial charge is 0.457 e. The van der Waals surface area contributed by atoms with Gasteiger partial charge in [-0.05, 0) is 62.1 Å². The molecule has 0 aromatic heterocycles. The lowest BCUT2D eigenvalue weighted by atomic mass is 10.0. The second-order valence-corrected chi connectivity index (χ2v) is 5.92. The molecule has 2 rings (SSSR count). The van der Waals surface area contributed by atoms with Crippen LogP contribution in [0.15, 0.2) is 36.4 Å². The highest BCUT2D eigenvalue weighted by molar-refractivity contribution is 6.31. The first-order valence-electron chi connectivity index (χ1n) is 7.28. The Hall–Kier alpha value is -1.51. The maximum Gasteiger partial charge on any atom is 0.132 e. The molecular formula is C18H22ClNO. The van der Waals surface area contributed by atoms with E-state index in [4.69, 9.17) is 22.1 Å². The molecule has 1 unspecified atom stereocenters. The minimum atomic E-state index is 0.0893. The van der Waals surface area contributed by atoms with Gasteiger partial charge in [0.05, 0.1) is 0 Å². The van der Waals surface area contributed by atoms with Gasteiger partial charge in [0.2, 0.25) is 0 Å². The van der Waals surface area contributed by atoms with Gasteiger partial charge in [-0.2, -0.15) is 0 Å². The number of benzene rings is 2. The van der Waals surface area contributed by atoms with Gasteiger partial charge in [0.25, 0.3) is 0 Å². The number of rotatable bonds is 5. The summed E-state index contributed by atoms with van der Waals surface area (Å²) < 4.78 is 6.06. The predicted octanol–water partition coefficient (Wildman–Crippen LogP) is 5.03. The topological polar surface area (TPSA) is 35.2 Å². The van der Waals surface area contributed by atoms with Gasteiger partial charge >= 0.3 is 0 Å². The highest BCUT2D eigenvalue weighted by atomic mass is 35.5. The van der Waals surface area contributed by atoms with Crippen LogP contribution >= 0.6 is 11.6 Å². The van der Waals surface area contributed by atoms with Gasteiger partial charge in [0.1, 0.15) is 11.5 Å².